The number of aromatic nitrogens is 2. The summed E-state index contributed by atoms with van der Waals surface area (Å²) < 4.78 is 0. The Hall–Kier alpha value is -2.41. The van der Waals surface area contributed by atoms with Gasteiger partial charge in [0.25, 0.3) is 0 Å². The first kappa shape index (κ1) is 18.9. The van der Waals surface area contributed by atoms with Gasteiger partial charge in [0.05, 0.1) is 16.5 Å². The van der Waals surface area contributed by atoms with Crippen LogP contribution in [0.5, 0.6) is 0 Å². The number of hydrogen-bond acceptors (Lipinski definition) is 5. The highest BCUT2D eigenvalue weighted by Crippen LogP contribution is 2.36. The van der Waals surface area contributed by atoms with E-state index >= 15 is 0 Å². The van der Waals surface area contributed by atoms with Gasteiger partial charge in [0.15, 0.2) is 0 Å². The molecule has 8 heteroatoms. The molecule has 144 valence electrons. The van der Waals surface area contributed by atoms with Crippen molar-refractivity contribution in [2.45, 2.75) is 12.8 Å². The Morgan fingerprint density at radius 2 is 1.96 bits per heavy atom. The molecular formula is C20H18Cl2N4O2. The van der Waals surface area contributed by atoms with Crippen molar-refractivity contribution in [3.8, 4) is 11.1 Å². The second-order valence-electron chi connectivity index (χ2n) is 6.81. The molecule has 3 aromatic rings. The molecule has 2 aromatic carbocycles. The molecule has 2 N–H and O–H groups in total. The highest BCUT2D eigenvalue weighted by molar-refractivity contribution is 6.34. The van der Waals surface area contributed by atoms with Gasteiger partial charge in [-0.05, 0) is 42.7 Å². The number of benzene rings is 2. The van der Waals surface area contributed by atoms with Gasteiger partial charge in [-0.15, -0.1) is 0 Å². The first-order valence-electron chi connectivity index (χ1n) is 8.96. The number of piperidine rings is 1. The van der Waals surface area contributed by atoms with Crippen LogP contribution in [0.4, 0.5) is 5.82 Å². The normalized spacial score (nSPS) is 17.0. The quantitative estimate of drug-likeness (QED) is 0.490. The Morgan fingerprint density at radius 1 is 1.18 bits per heavy atom. The average molecular weight is 417 g/mol. The van der Waals surface area contributed by atoms with E-state index in [-0.39, 0.29) is 11.8 Å². The molecule has 0 spiro atoms. The number of rotatable bonds is 3. The molecule has 0 saturated carbocycles. The van der Waals surface area contributed by atoms with Crippen molar-refractivity contribution < 1.29 is 10.0 Å². The summed E-state index contributed by atoms with van der Waals surface area (Å²) in [7, 11) is 0. The molecule has 2 heterocycles. The van der Waals surface area contributed by atoms with Crippen molar-refractivity contribution in [3.63, 3.8) is 0 Å². The van der Waals surface area contributed by atoms with Crippen LogP contribution in [-0.2, 0) is 4.79 Å². The molecule has 1 aliphatic heterocycles. The Bertz CT molecular complexity index is 1030. The monoisotopic (exact) mass is 416 g/mol. The largest absolute Gasteiger partial charge is 0.355 e. The maximum absolute atomic E-state index is 11.9. The SMILES string of the molecule is O=C(NO)C1CCCN(c2ncnc3cc(Cl)c(-c4ccc(Cl)cc4)cc23)C1. The van der Waals surface area contributed by atoms with Crippen LogP contribution in [0.15, 0.2) is 42.7 Å². The molecule has 0 bridgehead atoms. The lowest BCUT2D eigenvalue weighted by atomic mass is 9.97. The molecule has 1 amide bonds. The van der Waals surface area contributed by atoms with Crippen LogP contribution in [0.3, 0.4) is 0 Å². The minimum absolute atomic E-state index is 0.285. The fourth-order valence-electron chi connectivity index (χ4n) is 3.64. The Kier molecular flexibility index (Phi) is 5.35. The Morgan fingerprint density at radius 3 is 2.71 bits per heavy atom. The van der Waals surface area contributed by atoms with E-state index in [2.05, 4.69) is 14.9 Å². The van der Waals surface area contributed by atoms with E-state index in [1.165, 1.54) is 6.33 Å². The Labute approximate surface area is 172 Å². The number of hydroxylamine groups is 1. The summed E-state index contributed by atoms with van der Waals surface area (Å²) in [5.41, 5.74) is 4.31. The van der Waals surface area contributed by atoms with Gasteiger partial charge in [0.2, 0.25) is 5.91 Å². The summed E-state index contributed by atoms with van der Waals surface area (Å²) in [6, 6.07) is 11.3. The number of hydrogen-bond donors (Lipinski definition) is 2. The van der Waals surface area contributed by atoms with Crippen molar-refractivity contribution in [1.29, 1.82) is 0 Å². The van der Waals surface area contributed by atoms with E-state index in [0.717, 1.165) is 47.2 Å². The minimum Gasteiger partial charge on any atom is -0.355 e. The number of anilines is 1. The summed E-state index contributed by atoms with van der Waals surface area (Å²) in [5, 5.41) is 11.1. The number of nitrogens with one attached hydrogen (secondary N) is 1. The lowest BCUT2D eigenvalue weighted by Gasteiger charge is -2.33. The topological polar surface area (TPSA) is 78.4 Å². The molecule has 0 radical (unpaired) electrons. The summed E-state index contributed by atoms with van der Waals surface area (Å²) in [4.78, 5) is 22.8. The van der Waals surface area contributed by atoms with Crippen LogP contribution >= 0.6 is 23.2 Å². The van der Waals surface area contributed by atoms with Crippen molar-refractivity contribution in [2.75, 3.05) is 18.0 Å². The highest BCUT2D eigenvalue weighted by Gasteiger charge is 2.27. The van der Waals surface area contributed by atoms with Crippen molar-refractivity contribution >= 4 is 45.8 Å². The molecule has 1 atom stereocenters. The first-order chi connectivity index (χ1) is 13.6. The van der Waals surface area contributed by atoms with E-state index in [1.807, 2.05) is 36.4 Å². The number of fused-ring (bicyclic) bond motifs is 1. The fourth-order valence-corrected chi connectivity index (χ4v) is 4.03. The molecule has 1 aromatic heterocycles. The lowest BCUT2D eigenvalue weighted by Crippen LogP contribution is -2.42. The first-order valence-corrected chi connectivity index (χ1v) is 9.71. The Balaban J connectivity index is 1.78. The number of carbonyl (C=O) groups excluding carboxylic acids is 1. The lowest BCUT2D eigenvalue weighted by molar-refractivity contribution is -0.133. The third-order valence-corrected chi connectivity index (χ3v) is 5.62. The second-order valence-corrected chi connectivity index (χ2v) is 7.66. The predicted octanol–water partition coefficient (Wildman–Crippen LogP) is 4.33. The van der Waals surface area contributed by atoms with Gasteiger partial charge in [-0.3, -0.25) is 10.0 Å². The van der Waals surface area contributed by atoms with Crippen molar-refractivity contribution in [3.05, 3.63) is 52.8 Å². The van der Waals surface area contributed by atoms with E-state index < -0.39 is 0 Å². The standard InChI is InChI=1S/C20H18Cl2N4O2/c21-14-5-3-12(4-6-14)15-8-16-18(9-17(15)22)23-11-24-19(16)26-7-1-2-13(10-26)20(27)25-28/h3-6,8-9,11,13,28H,1-2,7,10H2,(H,25,27). The molecular weight excluding hydrogens is 399 g/mol. The summed E-state index contributed by atoms with van der Waals surface area (Å²) in [6.45, 7) is 1.26. The maximum atomic E-state index is 11.9. The third kappa shape index (κ3) is 3.63. The van der Waals surface area contributed by atoms with Crippen LogP contribution in [0, 0.1) is 5.92 Å². The maximum Gasteiger partial charge on any atom is 0.248 e. The predicted molar refractivity (Wildman–Crippen MR) is 110 cm³/mol. The van der Waals surface area contributed by atoms with Gasteiger partial charge < -0.3 is 4.90 Å². The zero-order valence-electron chi connectivity index (χ0n) is 14.9. The molecule has 1 saturated heterocycles. The molecule has 1 unspecified atom stereocenters. The fraction of sp³-hybridized carbons (Fsp3) is 0.250. The summed E-state index contributed by atoms with van der Waals surface area (Å²) in [5.74, 6) is 0.104. The third-order valence-electron chi connectivity index (χ3n) is 5.06. The van der Waals surface area contributed by atoms with Gasteiger partial charge in [0.1, 0.15) is 12.1 Å². The van der Waals surface area contributed by atoms with Gasteiger partial charge in [0, 0.05) is 29.1 Å². The molecule has 0 aliphatic carbocycles. The zero-order valence-corrected chi connectivity index (χ0v) is 16.4. The van der Waals surface area contributed by atoms with Crippen LogP contribution in [0.2, 0.25) is 10.0 Å². The van der Waals surface area contributed by atoms with Crippen molar-refractivity contribution in [1.82, 2.24) is 15.4 Å². The molecule has 28 heavy (non-hydrogen) atoms. The number of amides is 1. The molecule has 4 rings (SSSR count). The van der Waals surface area contributed by atoms with E-state index in [0.29, 0.717) is 16.6 Å². The average Bonchev–Trinajstić information content (AvgIpc) is 2.73. The molecule has 6 nitrogen and oxygen atoms in total. The van der Waals surface area contributed by atoms with Crippen LogP contribution in [-0.4, -0.2) is 34.2 Å². The second kappa shape index (κ2) is 7.91. The number of halogens is 2. The van der Waals surface area contributed by atoms with Crippen molar-refractivity contribution in [2.24, 2.45) is 5.92 Å². The van der Waals surface area contributed by atoms with E-state index in [1.54, 1.807) is 5.48 Å². The van der Waals surface area contributed by atoms with E-state index in [4.69, 9.17) is 28.4 Å². The van der Waals surface area contributed by atoms with Crippen LogP contribution in [0.1, 0.15) is 12.8 Å². The highest BCUT2D eigenvalue weighted by atomic mass is 35.5. The smallest absolute Gasteiger partial charge is 0.248 e. The summed E-state index contributed by atoms with van der Waals surface area (Å²) in [6.07, 6.45) is 3.07. The zero-order chi connectivity index (χ0) is 19.7. The summed E-state index contributed by atoms with van der Waals surface area (Å²) >= 11 is 12.5. The van der Waals surface area contributed by atoms with Gasteiger partial charge in [-0.1, -0.05) is 35.3 Å². The number of carbonyl (C=O) groups is 1. The van der Waals surface area contributed by atoms with Crippen LogP contribution < -0.4 is 10.4 Å². The molecule has 1 aliphatic rings. The van der Waals surface area contributed by atoms with Crippen LogP contribution in [0.25, 0.3) is 22.0 Å². The van der Waals surface area contributed by atoms with Gasteiger partial charge in [-0.25, -0.2) is 15.4 Å². The minimum atomic E-state index is -0.368. The van der Waals surface area contributed by atoms with Gasteiger partial charge in [-0.2, -0.15) is 0 Å². The number of nitrogens with zero attached hydrogens (tertiary/aromatic N) is 3. The van der Waals surface area contributed by atoms with Gasteiger partial charge >= 0.3 is 0 Å². The van der Waals surface area contributed by atoms with E-state index in [9.17, 15) is 4.79 Å². The molecule has 1 fully saturated rings.